The highest BCUT2D eigenvalue weighted by Crippen LogP contribution is 2.21. The Morgan fingerprint density at radius 1 is 1.05 bits per heavy atom. The van der Waals surface area contributed by atoms with E-state index in [1.807, 2.05) is 0 Å². The summed E-state index contributed by atoms with van der Waals surface area (Å²) in [6.07, 6.45) is 0. The van der Waals surface area contributed by atoms with Gasteiger partial charge in [0.1, 0.15) is 5.75 Å². The summed E-state index contributed by atoms with van der Waals surface area (Å²) in [5.74, 6) is -0.602. The summed E-state index contributed by atoms with van der Waals surface area (Å²) >= 11 is 0. The minimum absolute atomic E-state index is 0.0252. The van der Waals surface area contributed by atoms with Gasteiger partial charge >= 0.3 is 0 Å². The van der Waals surface area contributed by atoms with Crippen LogP contribution in [0.15, 0.2) is 59.5 Å². The predicted octanol–water partition coefficient (Wildman–Crippen LogP) is 2.65. The van der Waals surface area contributed by atoms with E-state index >= 15 is 0 Å². The monoisotopic (exact) mass is 308 g/mol. The summed E-state index contributed by atoms with van der Waals surface area (Å²) in [6, 6.07) is 12.6. The number of hydrogen-bond acceptors (Lipinski definition) is 4. The number of hydrogen-bond donors (Lipinski definition) is 0. The van der Waals surface area contributed by atoms with Crippen LogP contribution in [0.4, 0.5) is 4.39 Å². The van der Waals surface area contributed by atoms with E-state index in [0.717, 1.165) is 0 Å². The number of Topliss-reactive ketones (excluding diaryl/α,β-unsaturated/α-hetero) is 1. The Morgan fingerprint density at radius 3 is 2.14 bits per heavy atom. The van der Waals surface area contributed by atoms with Gasteiger partial charge < -0.3 is 4.74 Å². The third-order valence-electron chi connectivity index (χ3n) is 2.92. The molecule has 6 heteroatoms. The Morgan fingerprint density at radius 2 is 1.62 bits per heavy atom. The maximum atomic E-state index is 14.2. The number of carbonyl (C=O) groups is 1. The van der Waals surface area contributed by atoms with Crippen LogP contribution in [-0.4, -0.2) is 26.8 Å². The fourth-order valence-corrected chi connectivity index (χ4v) is 2.95. The summed E-state index contributed by atoms with van der Waals surface area (Å²) in [5, 5.41) is 0. The molecule has 0 bridgehead atoms. The molecule has 0 saturated carbocycles. The smallest absolute Gasteiger partial charge is 0.267 e. The lowest BCUT2D eigenvalue weighted by Crippen LogP contribution is -2.26. The summed E-state index contributed by atoms with van der Waals surface area (Å²) in [5.41, 5.74) is -2.66. The second kappa shape index (κ2) is 6.05. The molecule has 0 heterocycles. The van der Waals surface area contributed by atoms with Gasteiger partial charge in [0, 0.05) is 5.56 Å². The fraction of sp³-hybridized carbons (Fsp3) is 0.133. The van der Waals surface area contributed by atoms with Gasteiger partial charge in [-0.2, -0.15) is 0 Å². The second-order valence-electron chi connectivity index (χ2n) is 4.27. The molecular weight excluding hydrogens is 295 g/mol. The molecule has 2 rings (SSSR count). The van der Waals surface area contributed by atoms with E-state index < -0.39 is 21.1 Å². The molecule has 2 aromatic rings. The first-order valence-electron chi connectivity index (χ1n) is 6.08. The summed E-state index contributed by atoms with van der Waals surface area (Å²) in [6.45, 7) is 0. The number of ether oxygens (including phenoxy) is 1. The molecule has 0 aliphatic rings. The molecule has 4 nitrogen and oxygen atoms in total. The van der Waals surface area contributed by atoms with E-state index in [1.54, 1.807) is 6.07 Å². The number of sulfone groups is 1. The van der Waals surface area contributed by atoms with Crippen LogP contribution in [0.5, 0.6) is 5.75 Å². The number of halogens is 1. The van der Waals surface area contributed by atoms with Crippen LogP contribution in [0.2, 0.25) is 0 Å². The molecule has 0 radical (unpaired) electrons. The van der Waals surface area contributed by atoms with Gasteiger partial charge in [-0.15, -0.1) is 0 Å². The van der Waals surface area contributed by atoms with Crippen LogP contribution >= 0.6 is 0 Å². The Labute approximate surface area is 122 Å². The summed E-state index contributed by atoms with van der Waals surface area (Å²) < 4.78 is 43.2. The van der Waals surface area contributed by atoms with Crippen molar-refractivity contribution in [2.45, 2.75) is 10.4 Å². The van der Waals surface area contributed by atoms with E-state index in [4.69, 9.17) is 4.74 Å². The first-order chi connectivity index (χ1) is 9.96. The number of carbonyl (C=O) groups excluding carboxylic acids is 1. The van der Waals surface area contributed by atoms with Crippen molar-refractivity contribution in [3.8, 4) is 5.75 Å². The van der Waals surface area contributed by atoms with Crippen molar-refractivity contribution in [2.24, 2.45) is 0 Å². The third-order valence-corrected chi connectivity index (χ3v) is 4.61. The molecule has 0 aromatic heterocycles. The molecule has 0 aliphatic carbocycles. The van der Waals surface area contributed by atoms with Gasteiger partial charge in [-0.1, -0.05) is 18.2 Å². The Kier molecular flexibility index (Phi) is 4.37. The highest BCUT2D eigenvalue weighted by Gasteiger charge is 2.34. The van der Waals surface area contributed by atoms with Gasteiger partial charge in [-0.3, -0.25) is 4.79 Å². The molecular formula is C15H13FO4S. The van der Waals surface area contributed by atoms with Crippen LogP contribution in [0.1, 0.15) is 10.4 Å². The third kappa shape index (κ3) is 3.11. The average Bonchev–Trinajstić information content (AvgIpc) is 2.54. The maximum absolute atomic E-state index is 14.2. The minimum atomic E-state index is -4.35. The summed E-state index contributed by atoms with van der Waals surface area (Å²) in [7, 11) is -2.90. The van der Waals surface area contributed by atoms with Crippen LogP contribution in [-0.2, 0) is 9.84 Å². The Hall–Kier alpha value is -2.21. The number of methoxy groups -OCH3 is 1. The van der Waals surface area contributed by atoms with Gasteiger partial charge in [-0.05, 0) is 36.4 Å². The summed E-state index contributed by atoms with van der Waals surface area (Å²) in [4.78, 5) is 11.7. The molecule has 1 atom stereocenters. The van der Waals surface area contributed by atoms with E-state index in [9.17, 15) is 17.6 Å². The van der Waals surface area contributed by atoms with E-state index in [2.05, 4.69) is 0 Å². The van der Waals surface area contributed by atoms with Gasteiger partial charge in [-0.25, -0.2) is 12.8 Å². The van der Waals surface area contributed by atoms with Crippen molar-refractivity contribution in [3.05, 3.63) is 60.2 Å². The predicted molar refractivity (Wildman–Crippen MR) is 75.8 cm³/mol. The number of alkyl halides is 1. The van der Waals surface area contributed by atoms with Gasteiger partial charge in [0.2, 0.25) is 15.6 Å². The van der Waals surface area contributed by atoms with Crippen LogP contribution in [0.3, 0.4) is 0 Å². The zero-order chi connectivity index (χ0) is 15.5. The molecule has 0 amide bonds. The molecule has 21 heavy (non-hydrogen) atoms. The second-order valence-corrected chi connectivity index (χ2v) is 6.24. The van der Waals surface area contributed by atoms with E-state index in [0.29, 0.717) is 5.75 Å². The largest absolute Gasteiger partial charge is 0.497 e. The van der Waals surface area contributed by atoms with Gasteiger partial charge in [0.15, 0.2) is 0 Å². The fourth-order valence-electron chi connectivity index (χ4n) is 1.76. The van der Waals surface area contributed by atoms with Crippen LogP contribution in [0, 0.1) is 0 Å². The lowest BCUT2D eigenvalue weighted by atomic mass is 10.1. The average molecular weight is 308 g/mol. The molecule has 1 unspecified atom stereocenters. The lowest BCUT2D eigenvalue weighted by Gasteiger charge is -2.09. The SMILES string of the molecule is COc1ccc(C(=O)C(F)S(=O)(=O)c2ccccc2)cc1. The zero-order valence-electron chi connectivity index (χ0n) is 11.2. The van der Waals surface area contributed by atoms with Crippen LogP contribution < -0.4 is 4.74 Å². The Bertz CT molecular complexity index is 724. The minimum Gasteiger partial charge on any atom is -0.497 e. The van der Waals surface area contributed by atoms with Crippen molar-refractivity contribution >= 4 is 15.6 Å². The normalized spacial score (nSPS) is 12.7. The van der Waals surface area contributed by atoms with Crippen molar-refractivity contribution in [3.63, 3.8) is 0 Å². The standard InChI is InChI=1S/C15H13FO4S/c1-20-12-9-7-11(8-10-12)14(17)15(16)21(18,19)13-5-3-2-4-6-13/h2-10,15H,1H3. The number of rotatable bonds is 5. The molecule has 110 valence electrons. The van der Waals surface area contributed by atoms with Crippen molar-refractivity contribution in [2.75, 3.05) is 7.11 Å². The van der Waals surface area contributed by atoms with Crippen LogP contribution in [0.25, 0.3) is 0 Å². The quantitative estimate of drug-likeness (QED) is 0.797. The molecule has 0 spiro atoms. The topological polar surface area (TPSA) is 60.4 Å². The van der Waals surface area contributed by atoms with Gasteiger partial charge in [0.25, 0.3) is 5.50 Å². The lowest BCUT2D eigenvalue weighted by molar-refractivity contribution is 0.0933. The highest BCUT2D eigenvalue weighted by atomic mass is 32.2. The molecule has 0 fully saturated rings. The first-order valence-corrected chi connectivity index (χ1v) is 7.62. The molecule has 0 aliphatic heterocycles. The van der Waals surface area contributed by atoms with Crippen molar-refractivity contribution in [1.29, 1.82) is 0 Å². The maximum Gasteiger partial charge on any atom is 0.267 e. The Balaban J connectivity index is 2.30. The first kappa shape index (κ1) is 15.2. The highest BCUT2D eigenvalue weighted by molar-refractivity contribution is 7.92. The molecule has 2 aromatic carbocycles. The number of benzene rings is 2. The number of ketones is 1. The van der Waals surface area contributed by atoms with Crippen molar-refractivity contribution < 1.29 is 22.3 Å². The zero-order valence-corrected chi connectivity index (χ0v) is 12.0. The molecule has 0 saturated heterocycles. The van der Waals surface area contributed by atoms with E-state index in [-0.39, 0.29) is 10.5 Å². The van der Waals surface area contributed by atoms with E-state index in [1.165, 1.54) is 55.6 Å². The van der Waals surface area contributed by atoms with Gasteiger partial charge in [0.05, 0.1) is 12.0 Å². The van der Waals surface area contributed by atoms with Crippen molar-refractivity contribution in [1.82, 2.24) is 0 Å². The molecule has 0 N–H and O–H groups in total.